The predicted molar refractivity (Wildman–Crippen MR) is 132 cm³/mol. The van der Waals surface area contributed by atoms with Crippen molar-refractivity contribution in [3.05, 3.63) is 40.5 Å². The van der Waals surface area contributed by atoms with Gasteiger partial charge in [-0.25, -0.2) is 4.98 Å². The first-order chi connectivity index (χ1) is 16.0. The van der Waals surface area contributed by atoms with Gasteiger partial charge in [-0.2, -0.15) is 4.98 Å². The zero-order valence-electron chi connectivity index (χ0n) is 18.9. The molecule has 0 amide bonds. The number of nitrogens with one attached hydrogen (secondary N) is 1. The number of aliphatic hydroxyl groups excluding tert-OH is 1. The van der Waals surface area contributed by atoms with Crippen molar-refractivity contribution in [2.75, 3.05) is 29.9 Å². The first kappa shape index (κ1) is 21.8. The lowest BCUT2D eigenvalue weighted by Gasteiger charge is -2.41. The fourth-order valence-corrected chi connectivity index (χ4v) is 7.56. The Morgan fingerprint density at radius 3 is 2.55 bits per heavy atom. The highest BCUT2D eigenvalue weighted by molar-refractivity contribution is 7.87. The van der Waals surface area contributed by atoms with Crippen LogP contribution in [-0.4, -0.2) is 49.3 Å². The van der Waals surface area contributed by atoms with Crippen LogP contribution in [0.2, 0.25) is 5.02 Å². The molecule has 6 nitrogen and oxygen atoms in total. The molecule has 1 spiro atoms. The van der Waals surface area contributed by atoms with Gasteiger partial charge in [0.1, 0.15) is 10.7 Å². The van der Waals surface area contributed by atoms with Crippen LogP contribution in [0.5, 0.6) is 0 Å². The molecule has 8 heteroatoms. The molecule has 2 unspecified atom stereocenters. The standard InChI is InChI=1S/C25H31ClN4O2S/c26-19-6-4-18(5-7-19)17-3-1-13-30(14-8-17)23-27-20-15-25(11-12-25)33(32)21(20)22(28-23)29-24(16-31)9-2-10-24/h4-7,17,31H,1-3,8-16H2,(H,27,28,29). The molecule has 0 radical (unpaired) electrons. The van der Waals surface area contributed by atoms with Crippen molar-refractivity contribution in [2.24, 2.45) is 0 Å². The van der Waals surface area contributed by atoms with Crippen molar-refractivity contribution in [1.82, 2.24) is 9.97 Å². The van der Waals surface area contributed by atoms with Crippen LogP contribution in [0.25, 0.3) is 0 Å². The number of hydrogen-bond acceptors (Lipinski definition) is 6. The van der Waals surface area contributed by atoms with Crippen LogP contribution >= 0.6 is 11.6 Å². The second kappa shape index (κ2) is 8.21. The monoisotopic (exact) mass is 486 g/mol. The molecule has 2 aliphatic carbocycles. The maximum atomic E-state index is 13.4. The summed E-state index contributed by atoms with van der Waals surface area (Å²) >= 11 is 6.08. The minimum atomic E-state index is -1.07. The number of halogens is 1. The molecule has 6 rings (SSSR count). The van der Waals surface area contributed by atoms with E-state index in [9.17, 15) is 9.32 Å². The number of fused-ring (bicyclic) bond motifs is 1. The van der Waals surface area contributed by atoms with E-state index in [4.69, 9.17) is 21.6 Å². The van der Waals surface area contributed by atoms with E-state index in [1.807, 2.05) is 12.1 Å². The van der Waals surface area contributed by atoms with Crippen LogP contribution in [0, 0.1) is 0 Å². The Morgan fingerprint density at radius 1 is 1.09 bits per heavy atom. The highest BCUT2D eigenvalue weighted by Crippen LogP contribution is 2.54. The second-order valence-corrected chi connectivity index (χ2v) is 12.6. The molecule has 33 heavy (non-hydrogen) atoms. The van der Waals surface area contributed by atoms with Gasteiger partial charge in [0.25, 0.3) is 0 Å². The molecule has 4 aliphatic rings. The molecule has 0 bridgehead atoms. The van der Waals surface area contributed by atoms with Gasteiger partial charge in [0.15, 0.2) is 0 Å². The van der Waals surface area contributed by atoms with E-state index in [0.717, 1.165) is 92.4 Å². The van der Waals surface area contributed by atoms with Gasteiger partial charge in [-0.05, 0) is 75.0 Å². The van der Waals surface area contributed by atoms with Crippen LogP contribution in [0.4, 0.5) is 11.8 Å². The number of aromatic nitrogens is 2. The summed E-state index contributed by atoms with van der Waals surface area (Å²) < 4.78 is 13.2. The predicted octanol–water partition coefficient (Wildman–Crippen LogP) is 4.43. The third-order valence-electron chi connectivity index (χ3n) is 8.15. The molecule has 1 aromatic heterocycles. The van der Waals surface area contributed by atoms with Gasteiger partial charge in [0.05, 0.1) is 33.4 Å². The molecule has 2 aromatic rings. The normalized spacial score (nSPS) is 27.0. The van der Waals surface area contributed by atoms with E-state index in [2.05, 4.69) is 22.3 Å². The van der Waals surface area contributed by atoms with E-state index in [1.54, 1.807) is 0 Å². The molecule has 2 saturated carbocycles. The summed E-state index contributed by atoms with van der Waals surface area (Å²) in [6, 6.07) is 8.25. The third-order valence-corrected chi connectivity index (χ3v) is 10.5. The Bertz CT molecular complexity index is 1080. The number of benzene rings is 1. The minimum absolute atomic E-state index is 0.0748. The zero-order valence-corrected chi connectivity index (χ0v) is 20.4. The zero-order chi connectivity index (χ0) is 22.6. The Labute approximate surface area is 202 Å². The molecule has 3 heterocycles. The van der Waals surface area contributed by atoms with Crippen LogP contribution in [-0.2, 0) is 17.2 Å². The van der Waals surface area contributed by atoms with E-state index in [0.29, 0.717) is 11.7 Å². The Morgan fingerprint density at radius 2 is 1.88 bits per heavy atom. The molecule has 1 aromatic carbocycles. The molecule has 176 valence electrons. The van der Waals surface area contributed by atoms with E-state index in [1.165, 1.54) is 5.56 Å². The van der Waals surface area contributed by atoms with Crippen LogP contribution in [0.1, 0.15) is 68.5 Å². The Hall–Kier alpha value is -1.70. The number of nitrogens with zero attached hydrogens (tertiary/aromatic N) is 3. The highest BCUT2D eigenvalue weighted by atomic mass is 35.5. The SMILES string of the molecule is O=S1c2c(nc(N3CCCC(c4ccc(Cl)cc4)CC3)nc2NC2(CO)CCC2)CC12CC2. The van der Waals surface area contributed by atoms with E-state index < -0.39 is 10.8 Å². The van der Waals surface area contributed by atoms with Crippen molar-refractivity contribution in [1.29, 1.82) is 0 Å². The number of hydrogen-bond donors (Lipinski definition) is 2. The summed E-state index contributed by atoms with van der Waals surface area (Å²) in [5.41, 5.74) is 1.96. The maximum absolute atomic E-state index is 13.4. The number of anilines is 2. The molecular weight excluding hydrogens is 456 g/mol. The topological polar surface area (TPSA) is 78.4 Å². The highest BCUT2D eigenvalue weighted by Gasteiger charge is 2.56. The van der Waals surface area contributed by atoms with Gasteiger partial charge >= 0.3 is 0 Å². The summed E-state index contributed by atoms with van der Waals surface area (Å²) in [6.45, 7) is 1.89. The van der Waals surface area contributed by atoms with E-state index in [-0.39, 0.29) is 16.9 Å². The average Bonchev–Trinajstić information content (AvgIpc) is 3.55. The lowest BCUT2D eigenvalue weighted by Crippen LogP contribution is -2.48. The van der Waals surface area contributed by atoms with Gasteiger partial charge in [-0.3, -0.25) is 4.21 Å². The Balaban J connectivity index is 1.29. The molecule has 2 aliphatic heterocycles. The molecular formula is C25H31ClN4O2S. The largest absolute Gasteiger partial charge is 0.394 e. The number of aliphatic hydroxyl groups is 1. The average molecular weight is 487 g/mol. The van der Waals surface area contributed by atoms with Crippen LogP contribution < -0.4 is 10.2 Å². The van der Waals surface area contributed by atoms with Gasteiger partial charge < -0.3 is 15.3 Å². The van der Waals surface area contributed by atoms with Gasteiger partial charge in [-0.1, -0.05) is 23.7 Å². The van der Waals surface area contributed by atoms with Crippen molar-refractivity contribution >= 4 is 34.2 Å². The van der Waals surface area contributed by atoms with Crippen molar-refractivity contribution < 1.29 is 9.32 Å². The van der Waals surface area contributed by atoms with Gasteiger partial charge in [0, 0.05) is 24.5 Å². The summed E-state index contributed by atoms with van der Waals surface area (Å²) in [7, 11) is -1.07. The first-order valence-electron chi connectivity index (χ1n) is 12.2. The van der Waals surface area contributed by atoms with Crippen LogP contribution in [0.15, 0.2) is 29.2 Å². The second-order valence-electron chi connectivity index (χ2n) is 10.4. The minimum Gasteiger partial charge on any atom is -0.394 e. The van der Waals surface area contributed by atoms with Gasteiger partial charge in [0.2, 0.25) is 5.95 Å². The third kappa shape index (κ3) is 3.86. The smallest absolute Gasteiger partial charge is 0.227 e. The molecule has 2 atom stereocenters. The van der Waals surface area contributed by atoms with Crippen LogP contribution in [0.3, 0.4) is 0 Å². The summed E-state index contributed by atoms with van der Waals surface area (Å²) in [6.07, 6.45) is 8.98. The fourth-order valence-electron chi connectivity index (χ4n) is 5.66. The van der Waals surface area contributed by atoms with E-state index >= 15 is 0 Å². The summed E-state index contributed by atoms with van der Waals surface area (Å²) in [5, 5.41) is 14.4. The number of rotatable bonds is 5. The molecule has 1 saturated heterocycles. The van der Waals surface area contributed by atoms with Crippen molar-refractivity contribution in [3.8, 4) is 0 Å². The fraction of sp³-hybridized carbons (Fsp3) is 0.600. The summed E-state index contributed by atoms with van der Waals surface area (Å²) in [5.74, 6) is 1.95. The first-order valence-corrected chi connectivity index (χ1v) is 13.8. The summed E-state index contributed by atoms with van der Waals surface area (Å²) in [4.78, 5) is 13.0. The molecule has 2 N–H and O–H groups in total. The van der Waals surface area contributed by atoms with Gasteiger partial charge in [-0.15, -0.1) is 0 Å². The lowest BCUT2D eigenvalue weighted by molar-refractivity contribution is 0.143. The van der Waals surface area contributed by atoms with Crippen molar-refractivity contribution in [3.63, 3.8) is 0 Å². The van der Waals surface area contributed by atoms with Crippen molar-refractivity contribution in [2.45, 2.75) is 78.9 Å². The lowest BCUT2D eigenvalue weighted by atomic mass is 9.77. The Kier molecular flexibility index (Phi) is 5.42. The quantitative estimate of drug-likeness (QED) is 0.651. The molecule has 3 fully saturated rings. The maximum Gasteiger partial charge on any atom is 0.227 e.